The molecule has 0 bridgehead atoms. The van der Waals surface area contributed by atoms with Gasteiger partial charge in [-0.25, -0.2) is 22.2 Å². The van der Waals surface area contributed by atoms with E-state index in [4.69, 9.17) is 0 Å². The number of sulfonamides is 1. The average molecular weight is 479 g/mol. The van der Waals surface area contributed by atoms with Crippen molar-refractivity contribution in [1.29, 1.82) is 0 Å². The number of rotatable bonds is 7. The monoisotopic (exact) mass is 478 g/mol. The summed E-state index contributed by atoms with van der Waals surface area (Å²) < 4.78 is 44.1. The minimum atomic E-state index is -3.83. The molecular formula is C25H23FN4O3S. The van der Waals surface area contributed by atoms with Crippen molar-refractivity contribution in [2.75, 3.05) is 5.32 Å². The smallest absolute Gasteiger partial charge is 0.255 e. The van der Waals surface area contributed by atoms with Gasteiger partial charge >= 0.3 is 0 Å². The van der Waals surface area contributed by atoms with Gasteiger partial charge < -0.3 is 5.32 Å². The van der Waals surface area contributed by atoms with Gasteiger partial charge in [-0.15, -0.1) is 0 Å². The summed E-state index contributed by atoms with van der Waals surface area (Å²) in [5.41, 5.74) is 3.00. The van der Waals surface area contributed by atoms with E-state index in [-0.39, 0.29) is 28.4 Å². The number of halogens is 1. The molecular weight excluding hydrogens is 455 g/mol. The van der Waals surface area contributed by atoms with E-state index in [1.807, 2.05) is 50.2 Å². The average Bonchev–Trinajstić information content (AvgIpc) is 3.16. The maximum atomic E-state index is 14.7. The molecule has 9 heteroatoms. The Bertz CT molecular complexity index is 1450. The van der Waals surface area contributed by atoms with Gasteiger partial charge in [0.25, 0.3) is 5.91 Å². The van der Waals surface area contributed by atoms with Gasteiger partial charge in [0, 0.05) is 23.5 Å². The Morgan fingerprint density at radius 2 is 1.74 bits per heavy atom. The molecule has 174 valence electrons. The molecule has 7 nitrogen and oxygen atoms in total. The molecule has 0 unspecified atom stereocenters. The number of amides is 1. The van der Waals surface area contributed by atoms with Crippen molar-refractivity contribution in [2.24, 2.45) is 0 Å². The topological polar surface area (TPSA) is 93.1 Å². The van der Waals surface area contributed by atoms with E-state index >= 15 is 0 Å². The summed E-state index contributed by atoms with van der Waals surface area (Å²) in [4.78, 5) is 12.7. The van der Waals surface area contributed by atoms with Crippen LogP contribution in [0.2, 0.25) is 0 Å². The third-order valence-electron chi connectivity index (χ3n) is 5.16. The minimum absolute atomic E-state index is 0.0397. The lowest BCUT2D eigenvalue weighted by Crippen LogP contribution is -2.23. The minimum Gasteiger partial charge on any atom is -0.322 e. The predicted octanol–water partition coefficient (Wildman–Crippen LogP) is 4.36. The Labute approximate surface area is 197 Å². The Morgan fingerprint density at radius 3 is 2.41 bits per heavy atom. The number of benzene rings is 3. The van der Waals surface area contributed by atoms with Crippen LogP contribution in [-0.4, -0.2) is 24.1 Å². The van der Waals surface area contributed by atoms with E-state index in [0.29, 0.717) is 0 Å². The molecule has 3 aromatic carbocycles. The van der Waals surface area contributed by atoms with Crippen molar-refractivity contribution in [2.45, 2.75) is 25.3 Å². The van der Waals surface area contributed by atoms with Gasteiger partial charge in [0.05, 0.1) is 10.6 Å². The summed E-state index contributed by atoms with van der Waals surface area (Å²) in [6, 6.07) is 20.9. The maximum Gasteiger partial charge on any atom is 0.255 e. The first-order valence-electron chi connectivity index (χ1n) is 10.5. The molecule has 4 rings (SSSR count). The SMILES string of the molecule is Cc1cc(C)n(-c2ccc(NC(=O)c3cccc(S(=O)(=O)NCc4ccccc4)c3)cc2F)n1. The number of aromatic nitrogens is 2. The van der Waals surface area contributed by atoms with Crippen LogP contribution in [-0.2, 0) is 16.6 Å². The molecule has 0 saturated heterocycles. The normalized spacial score (nSPS) is 11.4. The summed E-state index contributed by atoms with van der Waals surface area (Å²) in [7, 11) is -3.83. The van der Waals surface area contributed by atoms with Crippen LogP contribution in [0.4, 0.5) is 10.1 Å². The van der Waals surface area contributed by atoms with Crippen LogP contribution >= 0.6 is 0 Å². The molecule has 0 aliphatic rings. The Balaban J connectivity index is 1.49. The molecule has 1 aromatic heterocycles. The number of carbonyl (C=O) groups is 1. The van der Waals surface area contributed by atoms with E-state index in [9.17, 15) is 17.6 Å². The van der Waals surface area contributed by atoms with Crippen LogP contribution in [0.1, 0.15) is 27.3 Å². The zero-order chi connectivity index (χ0) is 24.3. The number of anilines is 1. The quantitative estimate of drug-likeness (QED) is 0.413. The first-order valence-corrected chi connectivity index (χ1v) is 12.0. The molecule has 0 fully saturated rings. The van der Waals surface area contributed by atoms with E-state index in [1.165, 1.54) is 41.1 Å². The van der Waals surface area contributed by atoms with E-state index in [1.54, 1.807) is 6.07 Å². The largest absolute Gasteiger partial charge is 0.322 e. The second-order valence-electron chi connectivity index (χ2n) is 7.80. The second kappa shape index (κ2) is 9.58. The van der Waals surface area contributed by atoms with Gasteiger partial charge in [0.15, 0.2) is 5.82 Å². The first-order chi connectivity index (χ1) is 16.2. The number of aryl methyl sites for hydroxylation is 2. The third kappa shape index (κ3) is 5.22. The summed E-state index contributed by atoms with van der Waals surface area (Å²) in [5.74, 6) is -1.11. The van der Waals surface area contributed by atoms with Crippen molar-refractivity contribution in [3.63, 3.8) is 0 Å². The number of hydrogen-bond donors (Lipinski definition) is 2. The molecule has 4 aromatic rings. The Morgan fingerprint density at radius 1 is 0.971 bits per heavy atom. The van der Waals surface area contributed by atoms with Gasteiger partial charge in [-0.1, -0.05) is 36.4 Å². The van der Waals surface area contributed by atoms with Crippen LogP contribution in [0.3, 0.4) is 0 Å². The summed E-state index contributed by atoms with van der Waals surface area (Å²) in [6.07, 6.45) is 0. The maximum absolute atomic E-state index is 14.7. The molecule has 0 saturated carbocycles. The highest BCUT2D eigenvalue weighted by Crippen LogP contribution is 2.21. The van der Waals surface area contributed by atoms with E-state index in [2.05, 4.69) is 15.1 Å². The zero-order valence-corrected chi connectivity index (χ0v) is 19.4. The fraction of sp³-hybridized carbons (Fsp3) is 0.120. The molecule has 34 heavy (non-hydrogen) atoms. The van der Waals surface area contributed by atoms with Crippen LogP contribution in [0, 0.1) is 19.7 Å². The molecule has 1 amide bonds. The summed E-state index contributed by atoms with van der Waals surface area (Å²) in [6.45, 7) is 3.77. The summed E-state index contributed by atoms with van der Waals surface area (Å²) in [5, 5.41) is 6.88. The highest BCUT2D eigenvalue weighted by molar-refractivity contribution is 7.89. The Kier molecular flexibility index (Phi) is 6.58. The highest BCUT2D eigenvalue weighted by Gasteiger charge is 2.17. The standard InChI is InChI=1S/C25H23FN4O3S/c1-17-13-18(2)30(29-17)24-12-11-21(15-23(24)26)28-25(31)20-9-6-10-22(14-20)34(32,33)27-16-19-7-4-3-5-8-19/h3-15,27H,16H2,1-2H3,(H,28,31). The van der Waals surface area contributed by atoms with E-state index < -0.39 is 21.7 Å². The van der Waals surface area contributed by atoms with Crippen LogP contribution in [0.25, 0.3) is 5.69 Å². The van der Waals surface area contributed by atoms with Crippen LogP contribution in [0.5, 0.6) is 0 Å². The lowest BCUT2D eigenvalue weighted by molar-refractivity contribution is 0.102. The van der Waals surface area contributed by atoms with Gasteiger partial charge in [-0.3, -0.25) is 4.79 Å². The van der Waals surface area contributed by atoms with Crippen LogP contribution in [0.15, 0.2) is 83.8 Å². The van der Waals surface area contributed by atoms with Gasteiger partial charge in [0.2, 0.25) is 10.0 Å². The van der Waals surface area contributed by atoms with Crippen molar-refractivity contribution in [1.82, 2.24) is 14.5 Å². The molecule has 0 aliphatic carbocycles. The fourth-order valence-corrected chi connectivity index (χ4v) is 4.56. The summed E-state index contributed by atoms with van der Waals surface area (Å²) >= 11 is 0. The fourth-order valence-electron chi connectivity index (χ4n) is 3.49. The van der Waals surface area contributed by atoms with Gasteiger partial charge in [-0.05, 0) is 61.9 Å². The molecule has 2 N–H and O–H groups in total. The van der Waals surface area contributed by atoms with Crippen molar-refractivity contribution in [3.8, 4) is 5.69 Å². The number of nitrogens with one attached hydrogen (secondary N) is 2. The molecule has 0 aliphatic heterocycles. The molecule has 0 radical (unpaired) electrons. The third-order valence-corrected chi connectivity index (χ3v) is 6.56. The molecule has 0 spiro atoms. The van der Waals surface area contributed by atoms with Gasteiger partial charge in [-0.2, -0.15) is 5.10 Å². The number of nitrogens with zero attached hydrogens (tertiary/aromatic N) is 2. The second-order valence-corrected chi connectivity index (χ2v) is 9.56. The van der Waals surface area contributed by atoms with E-state index in [0.717, 1.165) is 17.0 Å². The van der Waals surface area contributed by atoms with Crippen molar-refractivity contribution >= 4 is 21.6 Å². The highest BCUT2D eigenvalue weighted by atomic mass is 32.2. The first kappa shape index (κ1) is 23.3. The zero-order valence-electron chi connectivity index (χ0n) is 18.6. The Hall–Kier alpha value is -3.82. The van der Waals surface area contributed by atoms with Crippen LogP contribution < -0.4 is 10.0 Å². The molecule has 1 heterocycles. The van der Waals surface area contributed by atoms with Crippen molar-refractivity contribution in [3.05, 3.63) is 107 Å². The van der Waals surface area contributed by atoms with Crippen molar-refractivity contribution < 1.29 is 17.6 Å². The predicted molar refractivity (Wildman–Crippen MR) is 128 cm³/mol. The molecule has 0 atom stereocenters. The van der Waals surface area contributed by atoms with Gasteiger partial charge in [0.1, 0.15) is 5.69 Å². The lowest BCUT2D eigenvalue weighted by atomic mass is 10.2. The lowest BCUT2D eigenvalue weighted by Gasteiger charge is -2.11. The number of carbonyl (C=O) groups excluding carboxylic acids is 1. The number of hydrogen-bond acceptors (Lipinski definition) is 4.